The van der Waals surface area contributed by atoms with E-state index in [1.54, 1.807) is 0 Å². The van der Waals surface area contributed by atoms with Crippen molar-refractivity contribution in [3.63, 3.8) is 0 Å². The second kappa shape index (κ2) is 4.64. The van der Waals surface area contributed by atoms with Gasteiger partial charge >= 0.3 is 0 Å². The van der Waals surface area contributed by atoms with Crippen LogP contribution in [0.1, 0.15) is 37.0 Å². The SMILES string of the molecule is CCC(CC)NC(=O)c1cn[nH]c1N. The number of hydrogen-bond donors (Lipinski definition) is 3. The van der Waals surface area contributed by atoms with Crippen LogP contribution >= 0.6 is 0 Å². The van der Waals surface area contributed by atoms with Gasteiger partial charge in [-0.25, -0.2) is 0 Å². The summed E-state index contributed by atoms with van der Waals surface area (Å²) in [5, 5.41) is 9.10. The number of carbonyl (C=O) groups excluding carboxylic acids is 1. The van der Waals surface area contributed by atoms with Crippen molar-refractivity contribution in [2.45, 2.75) is 32.7 Å². The van der Waals surface area contributed by atoms with Gasteiger partial charge < -0.3 is 11.1 Å². The minimum Gasteiger partial charge on any atom is -0.383 e. The molecule has 0 spiro atoms. The number of nitrogens with zero attached hydrogens (tertiary/aromatic N) is 1. The van der Waals surface area contributed by atoms with E-state index in [1.165, 1.54) is 6.20 Å². The van der Waals surface area contributed by atoms with Crippen molar-refractivity contribution in [1.29, 1.82) is 0 Å². The molecule has 1 aromatic rings. The van der Waals surface area contributed by atoms with Crippen molar-refractivity contribution in [3.8, 4) is 0 Å². The summed E-state index contributed by atoms with van der Waals surface area (Å²) >= 11 is 0. The van der Waals surface area contributed by atoms with Gasteiger partial charge in [-0.05, 0) is 12.8 Å². The fraction of sp³-hybridized carbons (Fsp3) is 0.556. The minimum absolute atomic E-state index is 0.162. The molecule has 0 aliphatic carbocycles. The van der Waals surface area contributed by atoms with Gasteiger partial charge in [-0.3, -0.25) is 9.89 Å². The molecule has 0 fully saturated rings. The van der Waals surface area contributed by atoms with Gasteiger partial charge in [-0.1, -0.05) is 13.8 Å². The zero-order valence-electron chi connectivity index (χ0n) is 8.50. The Hall–Kier alpha value is -1.52. The van der Waals surface area contributed by atoms with E-state index in [1.807, 2.05) is 13.8 Å². The number of amides is 1. The number of anilines is 1. The van der Waals surface area contributed by atoms with Crippen molar-refractivity contribution in [2.24, 2.45) is 0 Å². The van der Waals surface area contributed by atoms with E-state index < -0.39 is 0 Å². The van der Waals surface area contributed by atoms with Crippen LogP contribution < -0.4 is 11.1 Å². The zero-order valence-corrected chi connectivity index (χ0v) is 8.50. The van der Waals surface area contributed by atoms with Gasteiger partial charge in [0.2, 0.25) is 0 Å². The van der Waals surface area contributed by atoms with Crippen LogP contribution in [-0.4, -0.2) is 22.1 Å². The third-order valence-electron chi connectivity index (χ3n) is 2.23. The van der Waals surface area contributed by atoms with Gasteiger partial charge in [-0.15, -0.1) is 0 Å². The first kappa shape index (κ1) is 10.6. The maximum Gasteiger partial charge on any atom is 0.256 e. The Kier molecular flexibility index (Phi) is 3.50. The van der Waals surface area contributed by atoms with E-state index >= 15 is 0 Å². The number of aromatic nitrogens is 2. The van der Waals surface area contributed by atoms with Crippen molar-refractivity contribution in [2.75, 3.05) is 5.73 Å². The van der Waals surface area contributed by atoms with Crippen LogP contribution in [0, 0.1) is 0 Å². The van der Waals surface area contributed by atoms with Crippen molar-refractivity contribution in [3.05, 3.63) is 11.8 Å². The Morgan fingerprint density at radius 2 is 2.29 bits per heavy atom. The fourth-order valence-electron chi connectivity index (χ4n) is 1.23. The second-order valence-corrected chi connectivity index (χ2v) is 3.18. The molecule has 0 radical (unpaired) electrons. The topological polar surface area (TPSA) is 83.8 Å². The number of nitrogen functional groups attached to an aromatic ring is 1. The summed E-state index contributed by atoms with van der Waals surface area (Å²) in [6.07, 6.45) is 3.27. The van der Waals surface area contributed by atoms with Crippen LogP contribution in [0.4, 0.5) is 5.82 Å². The van der Waals surface area contributed by atoms with Crippen LogP contribution in [0.3, 0.4) is 0 Å². The highest BCUT2D eigenvalue weighted by Crippen LogP contribution is 2.07. The average molecular weight is 196 g/mol. The molecule has 0 aliphatic heterocycles. The number of nitrogens with one attached hydrogen (secondary N) is 2. The fourth-order valence-corrected chi connectivity index (χ4v) is 1.23. The highest BCUT2D eigenvalue weighted by molar-refractivity contribution is 5.98. The Morgan fingerprint density at radius 1 is 1.64 bits per heavy atom. The molecule has 0 saturated heterocycles. The van der Waals surface area contributed by atoms with Crippen molar-refractivity contribution < 1.29 is 4.79 Å². The molecule has 0 aliphatic rings. The van der Waals surface area contributed by atoms with Crippen molar-refractivity contribution in [1.82, 2.24) is 15.5 Å². The lowest BCUT2D eigenvalue weighted by Crippen LogP contribution is -2.33. The van der Waals surface area contributed by atoms with E-state index in [0.717, 1.165) is 12.8 Å². The van der Waals surface area contributed by atoms with E-state index in [4.69, 9.17) is 5.73 Å². The number of carbonyl (C=O) groups is 1. The lowest BCUT2D eigenvalue weighted by molar-refractivity contribution is 0.0936. The summed E-state index contributed by atoms with van der Waals surface area (Å²) < 4.78 is 0. The van der Waals surface area contributed by atoms with Gasteiger partial charge in [0.1, 0.15) is 11.4 Å². The summed E-state index contributed by atoms with van der Waals surface area (Å²) in [7, 11) is 0. The molecular formula is C9H16N4O. The Labute approximate surface area is 83.1 Å². The zero-order chi connectivity index (χ0) is 10.6. The highest BCUT2D eigenvalue weighted by atomic mass is 16.1. The quantitative estimate of drug-likeness (QED) is 0.669. The first-order chi connectivity index (χ1) is 6.69. The molecule has 1 rings (SSSR count). The van der Waals surface area contributed by atoms with Gasteiger partial charge in [-0.2, -0.15) is 5.10 Å². The first-order valence-electron chi connectivity index (χ1n) is 4.78. The molecule has 78 valence electrons. The smallest absolute Gasteiger partial charge is 0.256 e. The standard InChI is InChI=1S/C9H16N4O/c1-3-6(4-2)12-9(14)7-5-11-13-8(7)10/h5-6H,3-4H2,1-2H3,(H,12,14)(H3,10,11,13). The Balaban J connectivity index is 2.63. The third-order valence-corrected chi connectivity index (χ3v) is 2.23. The number of hydrogen-bond acceptors (Lipinski definition) is 3. The summed E-state index contributed by atoms with van der Waals surface area (Å²) in [5.74, 6) is 0.151. The number of rotatable bonds is 4. The largest absolute Gasteiger partial charge is 0.383 e. The van der Waals surface area contributed by atoms with Gasteiger partial charge in [0, 0.05) is 6.04 Å². The molecule has 1 amide bonds. The van der Waals surface area contributed by atoms with Crippen LogP contribution in [0.25, 0.3) is 0 Å². The summed E-state index contributed by atoms with van der Waals surface area (Å²) in [6, 6.07) is 0.205. The molecule has 5 nitrogen and oxygen atoms in total. The van der Waals surface area contributed by atoms with Crippen molar-refractivity contribution >= 4 is 11.7 Å². The Morgan fingerprint density at radius 3 is 2.71 bits per heavy atom. The van der Waals surface area contributed by atoms with Crippen LogP contribution in [0.5, 0.6) is 0 Å². The normalized spacial score (nSPS) is 10.5. The third kappa shape index (κ3) is 2.25. The van der Waals surface area contributed by atoms with Gasteiger partial charge in [0.25, 0.3) is 5.91 Å². The predicted octanol–water partition coefficient (Wildman–Crippen LogP) is 0.910. The molecule has 0 bridgehead atoms. The second-order valence-electron chi connectivity index (χ2n) is 3.18. The lowest BCUT2D eigenvalue weighted by atomic mass is 10.1. The molecule has 0 atom stereocenters. The minimum atomic E-state index is -0.162. The number of nitrogens with two attached hydrogens (primary N) is 1. The van der Waals surface area contributed by atoms with Crippen LogP contribution in [-0.2, 0) is 0 Å². The predicted molar refractivity (Wildman–Crippen MR) is 54.8 cm³/mol. The Bertz CT molecular complexity index is 304. The number of aromatic amines is 1. The summed E-state index contributed by atoms with van der Waals surface area (Å²) in [4.78, 5) is 11.6. The molecule has 14 heavy (non-hydrogen) atoms. The van der Waals surface area contributed by atoms with Gasteiger partial charge in [0.05, 0.1) is 6.20 Å². The maximum atomic E-state index is 11.6. The van der Waals surface area contributed by atoms with Crippen LogP contribution in [0.15, 0.2) is 6.20 Å². The lowest BCUT2D eigenvalue weighted by Gasteiger charge is -2.13. The molecule has 0 unspecified atom stereocenters. The van der Waals surface area contributed by atoms with E-state index in [9.17, 15) is 4.79 Å². The maximum absolute atomic E-state index is 11.6. The van der Waals surface area contributed by atoms with Gasteiger partial charge in [0.15, 0.2) is 0 Å². The molecule has 1 heterocycles. The monoisotopic (exact) mass is 196 g/mol. The number of H-pyrrole nitrogens is 1. The molecule has 1 aromatic heterocycles. The average Bonchev–Trinajstić information content (AvgIpc) is 2.60. The highest BCUT2D eigenvalue weighted by Gasteiger charge is 2.14. The molecule has 0 saturated carbocycles. The summed E-state index contributed by atoms with van der Waals surface area (Å²) in [5.41, 5.74) is 5.94. The molecule has 4 N–H and O–H groups in total. The van der Waals surface area contributed by atoms with Crippen LogP contribution in [0.2, 0.25) is 0 Å². The first-order valence-corrected chi connectivity index (χ1v) is 4.78. The molecule has 5 heteroatoms. The van der Waals surface area contributed by atoms with E-state index in [-0.39, 0.29) is 11.9 Å². The van der Waals surface area contributed by atoms with E-state index in [0.29, 0.717) is 11.4 Å². The summed E-state index contributed by atoms with van der Waals surface area (Å²) in [6.45, 7) is 4.07. The molecule has 0 aromatic carbocycles. The molecular weight excluding hydrogens is 180 g/mol. The van der Waals surface area contributed by atoms with E-state index in [2.05, 4.69) is 15.5 Å².